The molecule has 7 heteroatoms. The largest absolute Gasteiger partial charge is 0.395 e. The van der Waals surface area contributed by atoms with Crippen LogP contribution >= 0.6 is 11.8 Å². The van der Waals surface area contributed by atoms with Gasteiger partial charge in [-0.15, -0.1) is 0 Å². The van der Waals surface area contributed by atoms with E-state index in [2.05, 4.69) is 15.3 Å². The zero-order valence-electron chi connectivity index (χ0n) is 10.9. The lowest BCUT2D eigenvalue weighted by Crippen LogP contribution is -2.31. The van der Waals surface area contributed by atoms with E-state index in [-0.39, 0.29) is 17.9 Å². The number of rotatable bonds is 7. The molecule has 1 heterocycles. The van der Waals surface area contributed by atoms with Crippen LogP contribution in [0.25, 0.3) is 0 Å². The van der Waals surface area contributed by atoms with Gasteiger partial charge in [0.2, 0.25) is 0 Å². The van der Waals surface area contributed by atoms with Crippen LogP contribution < -0.4 is 11.1 Å². The minimum atomic E-state index is 0.0784. The molecule has 0 aromatic carbocycles. The van der Waals surface area contributed by atoms with Crippen molar-refractivity contribution in [3.63, 3.8) is 0 Å². The molecule has 6 nitrogen and oxygen atoms in total. The molecule has 4 N–H and O–H groups in total. The average molecular weight is 272 g/mol. The summed E-state index contributed by atoms with van der Waals surface area (Å²) in [6.45, 7) is 2.42. The summed E-state index contributed by atoms with van der Waals surface area (Å²) in [6.07, 6.45) is 1.96. The zero-order valence-corrected chi connectivity index (χ0v) is 11.7. The Kier molecular flexibility index (Phi) is 6.17. The maximum Gasteiger partial charge on any atom is 0.158 e. The van der Waals surface area contributed by atoms with E-state index in [1.807, 2.05) is 13.2 Å². The molecule has 0 aliphatic rings. The van der Waals surface area contributed by atoms with E-state index in [4.69, 9.17) is 10.5 Å². The van der Waals surface area contributed by atoms with Crippen molar-refractivity contribution in [1.82, 2.24) is 9.97 Å². The number of anilines is 2. The first kappa shape index (κ1) is 15.0. The van der Waals surface area contributed by atoms with E-state index in [1.165, 1.54) is 0 Å². The van der Waals surface area contributed by atoms with Gasteiger partial charge < -0.3 is 20.9 Å². The highest BCUT2D eigenvalue weighted by Crippen LogP contribution is 2.16. The Morgan fingerprint density at radius 3 is 2.83 bits per heavy atom. The molecule has 1 rings (SSSR count). The summed E-state index contributed by atoms with van der Waals surface area (Å²) in [5.41, 5.74) is 5.71. The highest BCUT2D eigenvalue weighted by molar-refractivity contribution is 7.99. The van der Waals surface area contributed by atoms with E-state index >= 15 is 0 Å². The highest BCUT2D eigenvalue weighted by atomic mass is 32.2. The summed E-state index contributed by atoms with van der Waals surface area (Å²) < 4.78 is 4.98. The molecule has 0 bridgehead atoms. The van der Waals surface area contributed by atoms with Crippen LogP contribution in [-0.4, -0.2) is 46.3 Å². The van der Waals surface area contributed by atoms with Crippen molar-refractivity contribution in [2.75, 3.05) is 31.0 Å². The fourth-order valence-corrected chi connectivity index (χ4v) is 2.17. The van der Waals surface area contributed by atoms with E-state index < -0.39 is 0 Å². The second-order valence-electron chi connectivity index (χ2n) is 3.92. The maximum absolute atomic E-state index is 9.23. The Bertz CT molecular complexity index is 374. The van der Waals surface area contributed by atoms with Gasteiger partial charge in [0.25, 0.3) is 0 Å². The Balaban J connectivity index is 2.77. The van der Waals surface area contributed by atoms with Gasteiger partial charge in [-0.1, -0.05) is 0 Å². The molecule has 0 amide bonds. The average Bonchev–Trinajstić information content (AvgIpc) is 2.30. The van der Waals surface area contributed by atoms with Gasteiger partial charge in [-0.2, -0.15) is 11.8 Å². The molecule has 1 aromatic rings. The number of aliphatic hydroxyl groups is 1. The van der Waals surface area contributed by atoms with Gasteiger partial charge in [0.05, 0.1) is 6.61 Å². The minimum absolute atomic E-state index is 0.0784. The van der Waals surface area contributed by atoms with Crippen molar-refractivity contribution < 1.29 is 9.84 Å². The Morgan fingerprint density at radius 1 is 1.56 bits per heavy atom. The predicted molar refractivity (Wildman–Crippen MR) is 74.6 cm³/mol. The molecule has 0 spiro atoms. The molecule has 1 aromatic heterocycles. The van der Waals surface area contributed by atoms with Crippen molar-refractivity contribution in [3.05, 3.63) is 11.9 Å². The van der Waals surface area contributed by atoms with Crippen molar-refractivity contribution in [2.45, 2.75) is 24.8 Å². The number of methoxy groups -OCH3 is 1. The fourth-order valence-electron chi connectivity index (χ4n) is 1.55. The predicted octanol–water partition coefficient (Wildman–Crippen LogP) is 0.729. The van der Waals surface area contributed by atoms with E-state index in [0.29, 0.717) is 24.1 Å². The first-order chi connectivity index (χ1) is 8.60. The number of nitrogens with one attached hydrogen (secondary N) is 1. The molecule has 0 saturated heterocycles. The number of ether oxygens (including phenoxy) is 1. The lowest BCUT2D eigenvalue weighted by atomic mass is 10.2. The van der Waals surface area contributed by atoms with E-state index in [9.17, 15) is 5.11 Å². The van der Waals surface area contributed by atoms with Crippen LogP contribution in [0.4, 0.5) is 11.6 Å². The fraction of sp³-hybridized carbons (Fsp3) is 0.636. The normalized spacial score (nSPS) is 14.2. The van der Waals surface area contributed by atoms with Crippen molar-refractivity contribution in [3.8, 4) is 0 Å². The number of nitrogens with zero attached hydrogens (tertiary/aromatic N) is 2. The standard InChI is InChI=1S/C11H20N4O2S/c1-7(8(5-16)18-3)13-10-4-9(12)14-11(15-10)6-17-2/h4,7-8,16H,5-6H2,1-3H3,(H3,12,13,14,15). The minimum Gasteiger partial charge on any atom is -0.395 e. The van der Waals surface area contributed by atoms with Gasteiger partial charge in [-0.3, -0.25) is 0 Å². The van der Waals surface area contributed by atoms with Gasteiger partial charge in [0.15, 0.2) is 5.82 Å². The molecule has 18 heavy (non-hydrogen) atoms. The van der Waals surface area contributed by atoms with Crippen molar-refractivity contribution >= 4 is 23.4 Å². The van der Waals surface area contributed by atoms with E-state index in [0.717, 1.165) is 0 Å². The third kappa shape index (κ3) is 4.32. The molecule has 0 aliphatic carbocycles. The van der Waals surface area contributed by atoms with Crippen molar-refractivity contribution in [2.24, 2.45) is 0 Å². The maximum atomic E-state index is 9.23. The first-order valence-corrected chi connectivity index (χ1v) is 6.92. The van der Waals surface area contributed by atoms with Crippen LogP contribution in [0.3, 0.4) is 0 Å². The second kappa shape index (κ2) is 7.40. The molecule has 2 unspecified atom stereocenters. The SMILES string of the molecule is COCc1nc(N)cc(NC(C)C(CO)SC)n1. The summed E-state index contributed by atoms with van der Waals surface area (Å²) in [7, 11) is 1.58. The smallest absolute Gasteiger partial charge is 0.158 e. The highest BCUT2D eigenvalue weighted by Gasteiger charge is 2.15. The first-order valence-electron chi connectivity index (χ1n) is 5.63. The third-order valence-electron chi connectivity index (χ3n) is 2.48. The van der Waals surface area contributed by atoms with Gasteiger partial charge >= 0.3 is 0 Å². The number of nitrogens with two attached hydrogens (primary N) is 1. The topological polar surface area (TPSA) is 93.3 Å². The van der Waals surface area contributed by atoms with Crippen LogP contribution in [0.1, 0.15) is 12.7 Å². The number of aromatic nitrogens is 2. The van der Waals surface area contributed by atoms with Crippen molar-refractivity contribution in [1.29, 1.82) is 0 Å². The Labute approximate surface area is 111 Å². The molecular weight excluding hydrogens is 252 g/mol. The summed E-state index contributed by atoms with van der Waals surface area (Å²) in [4.78, 5) is 8.36. The summed E-state index contributed by atoms with van der Waals surface area (Å²) in [6, 6.07) is 1.75. The number of hydrogen-bond acceptors (Lipinski definition) is 7. The van der Waals surface area contributed by atoms with E-state index in [1.54, 1.807) is 24.9 Å². The molecule has 0 saturated carbocycles. The van der Waals surface area contributed by atoms with Gasteiger partial charge in [-0.05, 0) is 13.2 Å². The monoisotopic (exact) mass is 272 g/mol. The summed E-state index contributed by atoms with van der Waals surface area (Å²) >= 11 is 1.60. The van der Waals surface area contributed by atoms with Gasteiger partial charge in [-0.25, -0.2) is 9.97 Å². The van der Waals surface area contributed by atoms with Crippen LogP contribution in [0.5, 0.6) is 0 Å². The number of thioether (sulfide) groups is 1. The molecule has 0 aliphatic heterocycles. The molecule has 0 radical (unpaired) electrons. The quantitative estimate of drug-likeness (QED) is 0.673. The molecule has 2 atom stereocenters. The second-order valence-corrected chi connectivity index (χ2v) is 4.99. The number of nitrogen functional groups attached to an aromatic ring is 1. The van der Waals surface area contributed by atoms with Gasteiger partial charge in [0.1, 0.15) is 18.2 Å². The molecule has 0 fully saturated rings. The molecular formula is C11H20N4O2S. The molecule has 102 valence electrons. The summed E-state index contributed by atoms with van der Waals surface area (Å²) in [5, 5.41) is 12.5. The van der Waals surface area contributed by atoms with Gasteiger partial charge in [0, 0.05) is 24.5 Å². The van der Waals surface area contributed by atoms with Crippen LogP contribution in [0, 0.1) is 0 Å². The third-order valence-corrected chi connectivity index (χ3v) is 3.64. The number of hydrogen-bond donors (Lipinski definition) is 3. The Hall–Kier alpha value is -1.05. The summed E-state index contributed by atoms with van der Waals surface area (Å²) in [5.74, 6) is 1.59. The number of aliphatic hydroxyl groups excluding tert-OH is 1. The van der Waals surface area contributed by atoms with Crippen LogP contribution in [-0.2, 0) is 11.3 Å². The lowest BCUT2D eigenvalue weighted by Gasteiger charge is -2.22. The zero-order chi connectivity index (χ0) is 13.5. The van der Waals surface area contributed by atoms with Crippen LogP contribution in [0.15, 0.2) is 6.07 Å². The van der Waals surface area contributed by atoms with Crippen LogP contribution in [0.2, 0.25) is 0 Å². The lowest BCUT2D eigenvalue weighted by molar-refractivity contribution is 0.178. The Morgan fingerprint density at radius 2 is 2.28 bits per heavy atom.